The molecule has 1 aromatic rings. The third kappa shape index (κ3) is 3.63. The molecule has 0 N–H and O–H groups in total. The van der Waals surface area contributed by atoms with E-state index in [-0.39, 0.29) is 5.91 Å². The summed E-state index contributed by atoms with van der Waals surface area (Å²) in [5.74, 6) is 2.00. The number of para-hydroxylation sites is 1. The van der Waals surface area contributed by atoms with Gasteiger partial charge in [-0.25, -0.2) is 0 Å². The third-order valence-electron chi connectivity index (χ3n) is 3.52. The van der Waals surface area contributed by atoms with Gasteiger partial charge in [-0.15, -0.1) is 11.6 Å². The Balaban J connectivity index is 2.01. The van der Waals surface area contributed by atoms with Gasteiger partial charge in [-0.2, -0.15) is 0 Å². The van der Waals surface area contributed by atoms with E-state index in [0.29, 0.717) is 36.3 Å². The van der Waals surface area contributed by atoms with Crippen molar-refractivity contribution >= 4 is 17.5 Å². The number of fused-ring (bicyclic) bond motifs is 1. The van der Waals surface area contributed by atoms with Gasteiger partial charge in [0.25, 0.3) is 5.91 Å². The third-order valence-corrected chi connectivity index (χ3v) is 3.74. The number of carbonyl (C=O) groups excluding carboxylic acids is 1. The lowest BCUT2D eigenvalue weighted by Gasteiger charge is -2.21. The fourth-order valence-electron chi connectivity index (χ4n) is 2.23. The molecule has 0 saturated carbocycles. The number of nitrogens with zero attached hydrogens (tertiary/aromatic N) is 1. The molecule has 0 aliphatic carbocycles. The summed E-state index contributed by atoms with van der Waals surface area (Å²) >= 11 is 5.74. The van der Waals surface area contributed by atoms with Crippen molar-refractivity contribution in [2.24, 2.45) is 5.92 Å². The van der Waals surface area contributed by atoms with Crippen LogP contribution in [0.5, 0.6) is 5.75 Å². The Bertz CT molecular complexity index is 436. The van der Waals surface area contributed by atoms with E-state index in [1.165, 1.54) is 0 Å². The summed E-state index contributed by atoms with van der Waals surface area (Å²) in [5.41, 5.74) is 0.671. The van der Waals surface area contributed by atoms with Crippen LogP contribution < -0.4 is 4.74 Å². The van der Waals surface area contributed by atoms with Gasteiger partial charge in [-0.3, -0.25) is 4.79 Å². The molecule has 0 bridgehead atoms. The van der Waals surface area contributed by atoms with Gasteiger partial charge in [0, 0.05) is 12.4 Å². The van der Waals surface area contributed by atoms with Gasteiger partial charge in [0.05, 0.1) is 12.1 Å². The van der Waals surface area contributed by atoms with Crippen LogP contribution in [0.3, 0.4) is 0 Å². The maximum atomic E-state index is 12.4. The molecule has 2 rings (SSSR count). The van der Waals surface area contributed by atoms with Crippen molar-refractivity contribution < 1.29 is 9.53 Å². The summed E-state index contributed by atoms with van der Waals surface area (Å²) in [4.78, 5) is 14.3. The first kappa shape index (κ1) is 14.2. The average Bonchev–Trinajstić information content (AvgIpc) is 2.57. The van der Waals surface area contributed by atoms with Crippen molar-refractivity contribution in [2.45, 2.75) is 19.8 Å². The van der Waals surface area contributed by atoms with Crippen molar-refractivity contribution in [1.29, 1.82) is 0 Å². The molecule has 0 aromatic heterocycles. The molecule has 0 radical (unpaired) electrons. The van der Waals surface area contributed by atoms with Gasteiger partial charge >= 0.3 is 0 Å². The van der Waals surface area contributed by atoms with Crippen LogP contribution in [-0.4, -0.2) is 36.4 Å². The second-order valence-corrected chi connectivity index (χ2v) is 5.39. The van der Waals surface area contributed by atoms with Crippen LogP contribution in [0.1, 0.15) is 30.1 Å². The van der Waals surface area contributed by atoms with E-state index in [2.05, 4.69) is 6.92 Å². The van der Waals surface area contributed by atoms with E-state index < -0.39 is 0 Å². The van der Waals surface area contributed by atoms with Gasteiger partial charge in [0.1, 0.15) is 12.4 Å². The highest BCUT2D eigenvalue weighted by molar-refractivity contribution is 6.17. The van der Waals surface area contributed by atoms with E-state index in [1.54, 1.807) is 0 Å². The first-order valence-electron chi connectivity index (χ1n) is 6.79. The van der Waals surface area contributed by atoms with Crippen LogP contribution in [0.2, 0.25) is 0 Å². The molecule has 0 fully saturated rings. The normalized spacial score (nSPS) is 16.5. The van der Waals surface area contributed by atoms with Crippen LogP contribution >= 0.6 is 11.6 Å². The zero-order valence-electron chi connectivity index (χ0n) is 11.3. The Hall–Kier alpha value is -1.22. The molecular formula is C15H20ClNO2. The minimum atomic E-state index is 0.0752. The number of halogens is 1. The Morgan fingerprint density at radius 3 is 2.95 bits per heavy atom. The highest BCUT2D eigenvalue weighted by Gasteiger charge is 2.22. The lowest BCUT2D eigenvalue weighted by Crippen LogP contribution is -2.34. The second kappa shape index (κ2) is 6.80. The molecule has 0 saturated heterocycles. The lowest BCUT2D eigenvalue weighted by molar-refractivity contribution is 0.0747. The van der Waals surface area contributed by atoms with E-state index in [9.17, 15) is 4.79 Å². The molecule has 0 spiro atoms. The Morgan fingerprint density at radius 2 is 2.16 bits per heavy atom. The summed E-state index contributed by atoms with van der Waals surface area (Å²) < 4.78 is 5.62. The largest absolute Gasteiger partial charge is 0.491 e. The zero-order valence-corrected chi connectivity index (χ0v) is 12.0. The molecule has 1 unspecified atom stereocenters. The van der Waals surface area contributed by atoms with Crippen molar-refractivity contribution in [3.05, 3.63) is 29.8 Å². The standard InChI is InChI=1S/C15H20ClNO2/c1-12(6-8-16)7-9-17-10-11-19-14-5-3-2-4-13(14)15(17)18/h2-5,12H,6-11H2,1H3. The number of amides is 1. The molecule has 3 nitrogen and oxygen atoms in total. The number of carbonyl (C=O) groups is 1. The fraction of sp³-hybridized carbons (Fsp3) is 0.533. The maximum Gasteiger partial charge on any atom is 0.257 e. The second-order valence-electron chi connectivity index (χ2n) is 5.01. The molecule has 1 atom stereocenters. The zero-order chi connectivity index (χ0) is 13.7. The predicted molar refractivity (Wildman–Crippen MR) is 77.0 cm³/mol. The molecule has 104 valence electrons. The van der Waals surface area contributed by atoms with E-state index in [0.717, 1.165) is 19.4 Å². The number of hydrogen-bond donors (Lipinski definition) is 0. The molecule has 1 heterocycles. The molecule has 1 aromatic carbocycles. The minimum Gasteiger partial charge on any atom is -0.491 e. The molecule has 1 aliphatic rings. The summed E-state index contributed by atoms with van der Waals surface area (Å²) in [5, 5.41) is 0. The van der Waals surface area contributed by atoms with Crippen molar-refractivity contribution in [1.82, 2.24) is 4.90 Å². The Morgan fingerprint density at radius 1 is 1.37 bits per heavy atom. The smallest absolute Gasteiger partial charge is 0.257 e. The van der Waals surface area contributed by atoms with Crippen molar-refractivity contribution in [2.75, 3.05) is 25.6 Å². The summed E-state index contributed by atoms with van der Waals surface area (Å²) in [7, 11) is 0. The first-order chi connectivity index (χ1) is 9.22. The molecule has 19 heavy (non-hydrogen) atoms. The molecule has 1 amide bonds. The number of ether oxygens (including phenoxy) is 1. The van der Waals surface area contributed by atoms with Crippen LogP contribution in [-0.2, 0) is 0 Å². The number of alkyl halides is 1. The van der Waals surface area contributed by atoms with E-state index in [4.69, 9.17) is 16.3 Å². The van der Waals surface area contributed by atoms with E-state index >= 15 is 0 Å². The number of hydrogen-bond acceptors (Lipinski definition) is 2. The summed E-state index contributed by atoms with van der Waals surface area (Å²) in [6.45, 7) is 4.16. The maximum absolute atomic E-state index is 12.4. The highest BCUT2D eigenvalue weighted by Crippen LogP contribution is 2.23. The minimum absolute atomic E-state index is 0.0752. The summed E-state index contributed by atoms with van der Waals surface area (Å²) in [6, 6.07) is 7.45. The molecule has 1 aliphatic heterocycles. The quantitative estimate of drug-likeness (QED) is 0.776. The molecular weight excluding hydrogens is 262 g/mol. The fourth-order valence-corrected chi connectivity index (χ4v) is 2.60. The number of rotatable bonds is 5. The Kier molecular flexibility index (Phi) is 5.08. The first-order valence-corrected chi connectivity index (χ1v) is 7.33. The van der Waals surface area contributed by atoms with Crippen molar-refractivity contribution in [3.8, 4) is 5.75 Å². The predicted octanol–water partition coefficient (Wildman–Crippen LogP) is 3.18. The highest BCUT2D eigenvalue weighted by atomic mass is 35.5. The van der Waals surface area contributed by atoms with Gasteiger partial charge in [-0.05, 0) is 30.9 Å². The van der Waals surface area contributed by atoms with Crippen molar-refractivity contribution in [3.63, 3.8) is 0 Å². The average molecular weight is 282 g/mol. The summed E-state index contributed by atoms with van der Waals surface area (Å²) in [6.07, 6.45) is 1.98. The van der Waals surface area contributed by atoms with Crippen LogP contribution in [0.15, 0.2) is 24.3 Å². The monoisotopic (exact) mass is 281 g/mol. The van der Waals surface area contributed by atoms with E-state index in [1.807, 2.05) is 29.2 Å². The van der Waals surface area contributed by atoms with Crippen LogP contribution in [0.4, 0.5) is 0 Å². The number of benzene rings is 1. The van der Waals surface area contributed by atoms with Crippen LogP contribution in [0.25, 0.3) is 0 Å². The Labute approximate surface area is 119 Å². The molecule has 4 heteroatoms. The van der Waals surface area contributed by atoms with Crippen LogP contribution in [0, 0.1) is 5.92 Å². The van der Waals surface area contributed by atoms with Gasteiger partial charge in [-0.1, -0.05) is 19.1 Å². The topological polar surface area (TPSA) is 29.5 Å². The lowest BCUT2D eigenvalue weighted by atomic mass is 10.0. The SMILES string of the molecule is CC(CCCl)CCN1CCOc2ccccc2C1=O. The van der Waals surface area contributed by atoms with Gasteiger partial charge < -0.3 is 9.64 Å². The van der Waals surface area contributed by atoms with Gasteiger partial charge in [0.15, 0.2) is 0 Å². The van der Waals surface area contributed by atoms with Gasteiger partial charge in [0.2, 0.25) is 0 Å².